The average Bonchev–Trinajstić information content (AvgIpc) is 2.35. The molecule has 4 N–H and O–H groups in total. The summed E-state index contributed by atoms with van der Waals surface area (Å²) in [4.78, 5) is 26.5. The van der Waals surface area contributed by atoms with Crippen molar-refractivity contribution in [2.75, 3.05) is 33.3 Å². The summed E-state index contributed by atoms with van der Waals surface area (Å²) in [6, 6.07) is -1.00. The summed E-state index contributed by atoms with van der Waals surface area (Å²) in [7, 11) is 2.02. The zero-order valence-electron chi connectivity index (χ0n) is 11.3. The Morgan fingerprint density at radius 1 is 1.42 bits per heavy atom. The van der Waals surface area contributed by atoms with Crippen LogP contribution in [0.5, 0.6) is 0 Å². The van der Waals surface area contributed by atoms with E-state index >= 15 is 0 Å². The van der Waals surface area contributed by atoms with E-state index in [4.69, 9.17) is 15.9 Å². The van der Waals surface area contributed by atoms with Crippen LogP contribution in [0.1, 0.15) is 19.3 Å². The van der Waals surface area contributed by atoms with E-state index in [-0.39, 0.29) is 31.5 Å². The monoisotopic (exact) mass is 273 g/mol. The van der Waals surface area contributed by atoms with Gasteiger partial charge in [0.15, 0.2) is 0 Å². The molecule has 0 aromatic carbocycles. The number of aliphatic hydroxyl groups is 1. The Hall–Kier alpha value is -1.18. The van der Waals surface area contributed by atoms with Gasteiger partial charge in [-0.3, -0.25) is 9.59 Å². The molecule has 19 heavy (non-hydrogen) atoms. The number of rotatable bonds is 6. The van der Waals surface area contributed by atoms with Crippen molar-refractivity contribution in [2.24, 2.45) is 5.73 Å². The molecule has 1 atom stereocenters. The molecule has 7 nitrogen and oxygen atoms in total. The summed E-state index contributed by atoms with van der Waals surface area (Å²) < 4.78 is 0. The highest BCUT2D eigenvalue weighted by Crippen LogP contribution is 2.16. The molecule has 0 aromatic rings. The van der Waals surface area contributed by atoms with Crippen LogP contribution in [-0.2, 0) is 9.59 Å². The molecule has 1 heterocycles. The summed E-state index contributed by atoms with van der Waals surface area (Å²) in [5.74, 6) is -1.47. The van der Waals surface area contributed by atoms with Gasteiger partial charge in [-0.05, 0) is 33.0 Å². The number of aliphatic hydroxyl groups excluding tert-OH is 1. The summed E-state index contributed by atoms with van der Waals surface area (Å²) in [6.45, 7) is 1.83. The highest BCUT2D eigenvalue weighted by atomic mass is 16.4. The van der Waals surface area contributed by atoms with Crippen molar-refractivity contribution in [1.82, 2.24) is 9.80 Å². The first-order chi connectivity index (χ1) is 8.95. The number of hydrogen-bond donors (Lipinski definition) is 3. The first kappa shape index (κ1) is 15.9. The molecule has 1 rings (SSSR count). The highest BCUT2D eigenvalue weighted by Gasteiger charge is 2.30. The molecule has 1 aliphatic rings. The fourth-order valence-electron chi connectivity index (χ4n) is 2.38. The third-order valence-corrected chi connectivity index (χ3v) is 3.46. The highest BCUT2D eigenvalue weighted by molar-refractivity contribution is 5.86. The number of aliphatic carboxylic acids is 1. The third kappa shape index (κ3) is 4.77. The van der Waals surface area contributed by atoms with E-state index in [2.05, 4.69) is 4.90 Å². The summed E-state index contributed by atoms with van der Waals surface area (Å²) >= 11 is 0. The van der Waals surface area contributed by atoms with Crippen LogP contribution >= 0.6 is 0 Å². The first-order valence-electron chi connectivity index (χ1n) is 6.53. The predicted octanol–water partition coefficient (Wildman–Crippen LogP) is -1.30. The lowest BCUT2D eigenvalue weighted by Crippen LogP contribution is -2.53. The van der Waals surface area contributed by atoms with Gasteiger partial charge in [0.1, 0.15) is 0 Å². The number of likely N-dealkylation sites (tertiary alicyclic amines) is 1. The summed E-state index contributed by atoms with van der Waals surface area (Å²) in [5, 5.41) is 17.8. The van der Waals surface area contributed by atoms with E-state index in [0.29, 0.717) is 0 Å². The van der Waals surface area contributed by atoms with Crippen molar-refractivity contribution < 1.29 is 19.8 Å². The molecular formula is C12H23N3O4. The molecular weight excluding hydrogens is 250 g/mol. The van der Waals surface area contributed by atoms with Crippen LogP contribution in [0.25, 0.3) is 0 Å². The second kappa shape index (κ2) is 7.42. The van der Waals surface area contributed by atoms with Crippen LogP contribution < -0.4 is 5.73 Å². The lowest BCUT2D eigenvalue weighted by atomic mass is 10.0. The van der Waals surface area contributed by atoms with Crippen LogP contribution in [0.4, 0.5) is 0 Å². The van der Waals surface area contributed by atoms with Gasteiger partial charge in [0.25, 0.3) is 0 Å². The van der Waals surface area contributed by atoms with Gasteiger partial charge in [-0.1, -0.05) is 0 Å². The van der Waals surface area contributed by atoms with E-state index in [9.17, 15) is 9.59 Å². The number of piperidine rings is 1. The van der Waals surface area contributed by atoms with Crippen LogP contribution in [0.15, 0.2) is 0 Å². The molecule has 0 aliphatic carbocycles. The number of carbonyl (C=O) groups excluding carboxylic acids is 1. The lowest BCUT2D eigenvalue weighted by molar-refractivity contribution is -0.143. The summed E-state index contributed by atoms with van der Waals surface area (Å²) in [6.07, 6.45) is 1.26. The fraction of sp³-hybridized carbons (Fsp3) is 0.833. The largest absolute Gasteiger partial charge is 0.481 e. The van der Waals surface area contributed by atoms with Crippen LogP contribution in [0, 0.1) is 0 Å². The van der Waals surface area contributed by atoms with Gasteiger partial charge in [0, 0.05) is 12.6 Å². The van der Waals surface area contributed by atoms with Crippen molar-refractivity contribution in [3.63, 3.8) is 0 Å². The zero-order valence-corrected chi connectivity index (χ0v) is 11.3. The minimum Gasteiger partial charge on any atom is -0.481 e. The van der Waals surface area contributed by atoms with Crippen LogP contribution in [0.3, 0.4) is 0 Å². The SMILES string of the molecule is CN1CCC(N(CCO)C(=O)C(N)CC(=O)O)CC1. The van der Waals surface area contributed by atoms with Gasteiger partial charge in [-0.2, -0.15) is 0 Å². The number of nitrogens with zero attached hydrogens (tertiary/aromatic N) is 2. The molecule has 110 valence electrons. The molecule has 7 heteroatoms. The molecule has 1 amide bonds. The predicted molar refractivity (Wildman–Crippen MR) is 69.5 cm³/mol. The second-order valence-corrected chi connectivity index (χ2v) is 4.99. The van der Waals surface area contributed by atoms with Crippen molar-refractivity contribution in [3.8, 4) is 0 Å². The first-order valence-corrected chi connectivity index (χ1v) is 6.53. The Kier molecular flexibility index (Phi) is 6.20. The van der Waals surface area contributed by atoms with Gasteiger partial charge in [0.05, 0.1) is 19.1 Å². The Morgan fingerprint density at radius 2 is 2.00 bits per heavy atom. The number of amides is 1. The van der Waals surface area contributed by atoms with Crippen LogP contribution in [0.2, 0.25) is 0 Å². The third-order valence-electron chi connectivity index (χ3n) is 3.46. The topological polar surface area (TPSA) is 107 Å². The van der Waals surface area contributed by atoms with Crippen LogP contribution in [-0.4, -0.2) is 77.3 Å². The van der Waals surface area contributed by atoms with E-state index < -0.39 is 12.0 Å². The fourth-order valence-corrected chi connectivity index (χ4v) is 2.38. The van der Waals surface area contributed by atoms with Gasteiger partial charge < -0.3 is 25.7 Å². The Balaban J connectivity index is 2.65. The van der Waals surface area contributed by atoms with Gasteiger partial charge in [-0.15, -0.1) is 0 Å². The lowest BCUT2D eigenvalue weighted by Gasteiger charge is -2.38. The Labute approximate surface area is 113 Å². The van der Waals surface area contributed by atoms with E-state index in [1.165, 1.54) is 0 Å². The molecule has 0 bridgehead atoms. The van der Waals surface area contributed by atoms with Crippen molar-refractivity contribution in [1.29, 1.82) is 0 Å². The molecule has 1 unspecified atom stereocenters. The van der Waals surface area contributed by atoms with E-state index in [1.807, 2.05) is 7.05 Å². The number of nitrogens with two attached hydrogens (primary N) is 1. The van der Waals surface area contributed by atoms with Crippen molar-refractivity contribution >= 4 is 11.9 Å². The zero-order chi connectivity index (χ0) is 14.4. The molecule has 1 aliphatic heterocycles. The van der Waals surface area contributed by atoms with Gasteiger partial charge >= 0.3 is 5.97 Å². The maximum absolute atomic E-state index is 12.2. The minimum absolute atomic E-state index is 0.0377. The molecule has 0 aromatic heterocycles. The maximum atomic E-state index is 12.2. The summed E-state index contributed by atoms with van der Waals surface area (Å²) in [5.41, 5.74) is 5.62. The Morgan fingerprint density at radius 3 is 2.47 bits per heavy atom. The quantitative estimate of drug-likeness (QED) is 0.555. The number of carbonyl (C=O) groups is 2. The number of carboxylic acid groups (broad SMARTS) is 1. The molecule has 0 spiro atoms. The maximum Gasteiger partial charge on any atom is 0.305 e. The van der Waals surface area contributed by atoms with Gasteiger partial charge in [0.2, 0.25) is 5.91 Å². The Bertz CT molecular complexity index is 316. The van der Waals surface area contributed by atoms with Gasteiger partial charge in [-0.25, -0.2) is 0 Å². The average molecular weight is 273 g/mol. The number of hydrogen-bond acceptors (Lipinski definition) is 5. The van der Waals surface area contributed by atoms with Crippen molar-refractivity contribution in [3.05, 3.63) is 0 Å². The van der Waals surface area contributed by atoms with Crippen molar-refractivity contribution in [2.45, 2.75) is 31.3 Å². The smallest absolute Gasteiger partial charge is 0.305 e. The minimum atomic E-state index is -1.09. The van der Waals surface area contributed by atoms with E-state index in [1.54, 1.807) is 4.90 Å². The molecule has 1 saturated heterocycles. The molecule has 0 radical (unpaired) electrons. The standard InChI is InChI=1S/C12H23N3O4/c1-14-4-2-9(3-5-14)15(6-7-16)12(19)10(13)8-11(17)18/h9-10,16H,2-8,13H2,1H3,(H,17,18). The normalized spacial score (nSPS) is 19.1. The van der Waals surface area contributed by atoms with E-state index in [0.717, 1.165) is 25.9 Å². The molecule has 0 saturated carbocycles. The second-order valence-electron chi connectivity index (χ2n) is 4.99. The molecule has 1 fully saturated rings. The number of carboxylic acids is 1.